The molecule has 2 aromatic carbocycles. The van der Waals surface area contributed by atoms with E-state index in [1.807, 2.05) is 45.0 Å². The molecule has 0 aliphatic carbocycles. The van der Waals surface area contributed by atoms with Gasteiger partial charge < -0.3 is 24.0 Å². The Balaban J connectivity index is 1.52. The van der Waals surface area contributed by atoms with E-state index in [0.29, 0.717) is 38.9 Å². The van der Waals surface area contributed by atoms with Crippen molar-refractivity contribution >= 4 is 12.0 Å². The van der Waals surface area contributed by atoms with Gasteiger partial charge in [0.25, 0.3) is 0 Å². The third-order valence-electron chi connectivity index (χ3n) is 6.89. The molecular formula is C28H35F2N3O5. The number of carbonyl (C=O) groups is 2. The number of nitrogens with zero attached hydrogens (tertiary/aromatic N) is 2. The number of halogens is 2. The number of nitrogens with one attached hydrogen (secondary N) is 1. The van der Waals surface area contributed by atoms with Gasteiger partial charge in [0, 0.05) is 19.6 Å². The molecule has 1 atom stereocenters. The topological polar surface area (TPSA) is 80.3 Å². The highest BCUT2D eigenvalue weighted by Gasteiger charge is 2.53. The third-order valence-corrected chi connectivity index (χ3v) is 6.89. The van der Waals surface area contributed by atoms with Gasteiger partial charge in [-0.15, -0.1) is 0 Å². The van der Waals surface area contributed by atoms with E-state index < -0.39 is 23.9 Å². The number of alkyl halides is 2. The van der Waals surface area contributed by atoms with E-state index in [2.05, 4.69) is 10.1 Å². The molecule has 8 nitrogen and oxygen atoms in total. The van der Waals surface area contributed by atoms with E-state index in [1.165, 1.54) is 12.1 Å². The zero-order valence-corrected chi connectivity index (χ0v) is 22.2. The number of ether oxygens (including phenoxy) is 3. The van der Waals surface area contributed by atoms with Crippen molar-refractivity contribution in [3.05, 3.63) is 59.7 Å². The van der Waals surface area contributed by atoms with Crippen molar-refractivity contribution in [3.8, 4) is 11.5 Å². The molecule has 2 saturated heterocycles. The summed E-state index contributed by atoms with van der Waals surface area (Å²) in [5, 5.41) is 3.53. The molecular weight excluding hydrogens is 496 g/mol. The number of hydrogen-bond acceptors (Lipinski definition) is 6. The monoisotopic (exact) mass is 531 g/mol. The van der Waals surface area contributed by atoms with Crippen molar-refractivity contribution < 1.29 is 32.6 Å². The smallest absolute Gasteiger partial charge is 0.410 e. The number of likely N-dealkylation sites (tertiary alicyclic amines) is 1. The van der Waals surface area contributed by atoms with Crippen molar-refractivity contribution in [1.82, 2.24) is 15.1 Å². The highest BCUT2D eigenvalue weighted by molar-refractivity contribution is 5.89. The van der Waals surface area contributed by atoms with Gasteiger partial charge >= 0.3 is 12.7 Å². The zero-order chi connectivity index (χ0) is 27.5. The quantitative estimate of drug-likeness (QED) is 0.556. The Kier molecular flexibility index (Phi) is 8.10. The summed E-state index contributed by atoms with van der Waals surface area (Å²) in [5.41, 5.74) is 0.387. The Morgan fingerprint density at radius 1 is 1.05 bits per heavy atom. The van der Waals surface area contributed by atoms with Gasteiger partial charge in [-0.2, -0.15) is 8.78 Å². The van der Waals surface area contributed by atoms with Gasteiger partial charge in [-0.25, -0.2) is 4.79 Å². The second-order valence-electron chi connectivity index (χ2n) is 10.6. The fourth-order valence-corrected chi connectivity index (χ4v) is 4.92. The largest absolute Gasteiger partial charge is 0.497 e. The molecule has 2 aliphatic rings. The molecule has 0 bridgehead atoms. The van der Waals surface area contributed by atoms with E-state index in [0.717, 1.165) is 16.9 Å². The van der Waals surface area contributed by atoms with Gasteiger partial charge in [-0.1, -0.05) is 24.3 Å². The minimum Gasteiger partial charge on any atom is -0.497 e. The minimum absolute atomic E-state index is 0.0345. The molecule has 38 heavy (non-hydrogen) atoms. The average Bonchev–Trinajstić information content (AvgIpc) is 3.13. The van der Waals surface area contributed by atoms with Crippen LogP contribution in [0.4, 0.5) is 13.6 Å². The Morgan fingerprint density at radius 2 is 1.66 bits per heavy atom. The fraction of sp³-hybridized carbons (Fsp3) is 0.500. The van der Waals surface area contributed by atoms with E-state index >= 15 is 0 Å². The first kappa shape index (κ1) is 27.6. The summed E-state index contributed by atoms with van der Waals surface area (Å²) in [6.45, 7) is 3.77. The molecule has 2 fully saturated rings. The molecule has 0 saturated carbocycles. The van der Waals surface area contributed by atoms with Crippen LogP contribution in [0.1, 0.15) is 50.9 Å². The second kappa shape index (κ2) is 11.1. The molecule has 1 unspecified atom stereocenters. The van der Waals surface area contributed by atoms with Crippen LogP contribution in [0.25, 0.3) is 0 Å². The number of hydrogen-bond donors (Lipinski definition) is 1. The lowest BCUT2D eigenvalue weighted by atomic mass is 9.87. The molecule has 4 rings (SSSR count). The molecule has 206 valence electrons. The van der Waals surface area contributed by atoms with Gasteiger partial charge in [0.2, 0.25) is 5.91 Å². The SMILES string of the molecule is COc1ccc(CCN2C(=O)C3(CCN(C(=O)OC(C)(C)C)CC3)NC2c2ccc(OC(F)F)cc2)cc1. The van der Waals surface area contributed by atoms with Crippen LogP contribution >= 0.6 is 0 Å². The lowest BCUT2D eigenvalue weighted by Gasteiger charge is -2.38. The van der Waals surface area contributed by atoms with Crippen molar-refractivity contribution in [3.63, 3.8) is 0 Å². The number of benzene rings is 2. The Morgan fingerprint density at radius 3 is 2.21 bits per heavy atom. The number of rotatable bonds is 7. The van der Waals surface area contributed by atoms with Crippen LogP contribution in [0.2, 0.25) is 0 Å². The van der Waals surface area contributed by atoms with Crippen LogP contribution in [-0.4, -0.2) is 66.3 Å². The van der Waals surface area contributed by atoms with Gasteiger partial charge in [-0.05, 0) is 75.4 Å². The standard InChI is InChI=1S/C28H35F2N3O5/c1-27(2,3)38-26(35)32-17-14-28(15-18-32)24(34)33(16-13-19-5-9-21(36-4)10-6-19)23(31-28)20-7-11-22(12-8-20)37-25(29)30/h5-12,23,25,31H,13-18H2,1-4H3. The lowest BCUT2D eigenvalue weighted by Crippen LogP contribution is -2.56. The van der Waals surface area contributed by atoms with E-state index in [4.69, 9.17) is 9.47 Å². The molecule has 10 heteroatoms. The zero-order valence-electron chi connectivity index (χ0n) is 22.2. The first-order chi connectivity index (χ1) is 18.0. The summed E-state index contributed by atoms with van der Waals surface area (Å²) in [4.78, 5) is 29.9. The molecule has 2 aromatic rings. The molecule has 0 radical (unpaired) electrons. The Labute approximate surface area is 221 Å². The predicted molar refractivity (Wildman–Crippen MR) is 137 cm³/mol. The maximum absolute atomic E-state index is 13.9. The summed E-state index contributed by atoms with van der Waals surface area (Å²) in [5.74, 6) is 0.776. The Bertz CT molecular complexity index is 1110. The molecule has 0 aromatic heterocycles. The van der Waals surface area contributed by atoms with Gasteiger partial charge in [0.05, 0.1) is 7.11 Å². The van der Waals surface area contributed by atoms with Crippen LogP contribution in [-0.2, 0) is 16.0 Å². The first-order valence-electron chi connectivity index (χ1n) is 12.7. The van der Waals surface area contributed by atoms with Gasteiger partial charge in [0.1, 0.15) is 28.8 Å². The highest BCUT2D eigenvalue weighted by atomic mass is 19.3. The van der Waals surface area contributed by atoms with Crippen molar-refractivity contribution in [2.45, 2.75) is 64.0 Å². The van der Waals surface area contributed by atoms with Crippen LogP contribution in [0, 0.1) is 0 Å². The summed E-state index contributed by atoms with van der Waals surface area (Å²) in [6, 6.07) is 14.0. The third kappa shape index (κ3) is 6.35. The Hall–Kier alpha value is -3.40. The maximum Gasteiger partial charge on any atom is 0.410 e. The molecule has 1 spiro atoms. The summed E-state index contributed by atoms with van der Waals surface area (Å²) in [7, 11) is 1.61. The summed E-state index contributed by atoms with van der Waals surface area (Å²) >= 11 is 0. The molecule has 2 amide bonds. The van der Waals surface area contributed by atoms with Crippen LogP contribution in [0.5, 0.6) is 11.5 Å². The van der Waals surface area contributed by atoms with Gasteiger partial charge in [-0.3, -0.25) is 10.1 Å². The lowest BCUT2D eigenvalue weighted by molar-refractivity contribution is -0.134. The van der Waals surface area contributed by atoms with Crippen molar-refractivity contribution in [1.29, 1.82) is 0 Å². The van der Waals surface area contributed by atoms with Crippen LogP contribution < -0.4 is 14.8 Å². The number of piperidine rings is 1. The van der Waals surface area contributed by atoms with E-state index in [9.17, 15) is 18.4 Å². The molecule has 2 aliphatic heterocycles. The van der Waals surface area contributed by atoms with E-state index in [1.54, 1.807) is 29.0 Å². The van der Waals surface area contributed by atoms with Gasteiger partial charge in [0.15, 0.2) is 0 Å². The summed E-state index contributed by atoms with van der Waals surface area (Å²) in [6.07, 6.45) is 0.663. The fourth-order valence-electron chi connectivity index (χ4n) is 4.92. The van der Waals surface area contributed by atoms with Crippen molar-refractivity contribution in [2.75, 3.05) is 26.7 Å². The maximum atomic E-state index is 13.9. The highest BCUT2D eigenvalue weighted by Crippen LogP contribution is 2.38. The predicted octanol–water partition coefficient (Wildman–Crippen LogP) is 4.74. The number of amides is 2. The van der Waals surface area contributed by atoms with Crippen molar-refractivity contribution in [2.24, 2.45) is 0 Å². The van der Waals surface area contributed by atoms with E-state index in [-0.39, 0.29) is 17.7 Å². The average molecular weight is 532 g/mol. The normalized spacial score (nSPS) is 19.2. The van der Waals surface area contributed by atoms with Crippen LogP contribution in [0.15, 0.2) is 48.5 Å². The molecule has 1 N–H and O–H groups in total. The second-order valence-corrected chi connectivity index (χ2v) is 10.6. The molecule has 2 heterocycles. The van der Waals surface area contributed by atoms with Crippen LogP contribution in [0.3, 0.4) is 0 Å². The minimum atomic E-state index is -2.91. The number of methoxy groups -OCH3 is 1. The first-order valence-corrected chi connectivity index (χ1v) is 12.7. The number of carbonyl (C=O) groups excluding carboxylic acids is 2. The summed E-state index contributed by atoms with van der Waals surface area (Å²) < 4.78 is 40.5.